The van der Waals surface area contributed by atoms with Crippen LogP contribution in [0.3, 0.4) is 0 Å². The summed E-state index contributed by atoms with van der Waals surface area (Å²) in [6.45, 7) is 0.0609. The van der Waals surface area contributed by atoms with Gasteiger partial charge in [0, 0.05) is 32.3 Å². The molecule has 0 atom stereocenters. The number of amides is 2. The van der Waals surface area contributed by atoms with Crippen LogP contribution in [0.5, 0.6) is 0 Å². The van der Waals surface area contributed by atoms with E-state index in [-0.39, 0.29) is 12.4 Å². The normalized spacial score (nSPS) is 10.3. The van der Waals surface area contributed by atoms with Gasteiger partial charge in [-0.2, -0.15) is 0 Å². The Kier molecular flexibility index (Phi) is 5.45. The highest BCUT2D eigenvalue weighted by atomic mass is 79.9. The van der Waals surface area contributed by atoms with Gasteiger partial charge in [-0.1, -0.05) is 39.1 Å². The van der Waals surface area contributed by atoms with Crippen molar-refractivity contribution in [1.29, 1.82) is 0 Å². The van der Waals surface area contributed by atoms with Crippen LogP contribution in [0.15, 0.2) is 40.9 Å². The number of carbonyl (C=O) groups excluding carboxylic acids is 1. The van der Waals surface area contributed by atoms with Crippen molar-refractivity contribution in [2.24, 2.45) is 0 Å². The zero-order chi connectivity index (χ0) is 15.4. The molecule has 21 heavy (non-hydrogen) atoms. The minimum absolute atomic E-state index is 0.0609. The number of anilines is 1. The molecule has 3 nitrogen and oxygen atoms in total. The number of nitrogens with one attached hydrogen (secondary N) is 2. The first-order chi connectivity index (χ1) is 9.94. The monoisotopic (exact) mass is 390 g/mol. The first-order valence-corrected chi connectivity index (χ1v) is 7.44. The number of hydrogen-bond donors (Lipinski definition) is 2. The van der Waals surface area contributed by atoms with Gasteiger partial charge in [0.2, 0.25) is 0 Å². The molecule has 0 unspecified atom stereocenters. The smallest absolute Gasteiger partial charge is 0.319 e. The average molecular weight is 392 g/mol. The summed E-state index contributed by atoms with van der Waals surface area (Å²) in [6.07, 6.45) is 0. The molecule has 0 saturated carbocycles. The summed E-state index contributed by atoms with van der Waals surface area (Å²) < 4.78 is 14.3. The molecular weight excluding hydrogens is 382 g/mol. The molecule has 0 saturated heterocycles. The van der Waals surface area contributed by atoms with Gasteiger partial charge in [0.25, 0.3) is 0 Å². The van der Waals surface area contributed by atoms with E-state index in [0.29, 0.717) is 21.3 Å². The van der Waals surface area contributed by atoms with Crippen LogP contribution in [0.25, 0.3) is 0 Å². The number of hydrogen-bond acceptors (Lipinski definition) is 1. The Morgan fingerprint density at radius 3 is 2.48 bits per heavy atom. The standard InChI is InChI=1S/C14H10BrCl2FN2O/c15-9-1-2-13(18)8(3-9)7-19-14(21)20-12-5-10(16)4-11(17)6-12/h1-6H,7H2,(H2,19,20,21). The van der Waals surface area contributed by atoms with E-state index in [2.05, 4.69) is 26.6 Å². The summed E-state index contributed by atoms with van der Waals surface area (Å²) in [4.78, 5) is 11.8. The molecule has 0 heterocycles. The van der Waals surface area contributed by atoms with Crippen LogP contribution < -0.4 is 10.6 Å². The van der Waals surface area contributed by atoms with Crippen molar-refractivity contribution < 1.29 is 9.18 Å². The molecule has 110 valence electrons. The van der Waals surface area contributed by atoms with Gasteiger partial charge in [-0.05, 0) is 36.4 Å². The van der Waals surface area contributed by atoms with Crippen LogP contribution in [0, 0.1) is 5.82 Å². The van der Waals surface area contributed by atoms with Gasteiger partial charge in [0.05, 0.1) is 0 Å². The molecule has 2 aromatic carbocycles. The molecule has 0 radical (unpaired) electrons. The predicted molar refractivity (Wildman–Crippen MR) is 86.4 cm³/mol. The lowest BCUT2D eigenvalue weighted by Crippen LogP contribution is -2.28. The zero-order valence-corrected chi connectivity index (χ0v) is 13.7. The summed E-state index contributed by atoms with van der Waals surface area (Å²) in [7, 11) is 0. The van der Waals surface area contributed by atoms with Crippen molar-refractivity contribution in [1.82, 2.24) is 5.32 Å². The van der Waals surface area contributed by atoms with Crippen LogP contribution in [-0.4, -0.2) is 6.03 Å². The maximum atomic E-state index is 13.5. The minimum Gasteiger partial charge on any atom is -0.334 e. The fourth-order valence-corrected chi connectivity index (χ4v) is 2.59. The van der Waals surface area contributed by atoms with E-state index in [9.17, 15) is 9.18 Å². The Morgan fingerprint density at radius 2 is 1.81 bits per heavy atom. The maximum absolute atomic E-state index is 13.5. The Hall–Kier alpha value is -1.30. The average Bonchev–Trinajstić information content (AvgIpc) is 2.38. The molecule has 0 aliphatic heterocycles. The quantitative estimate of drug-likeness (QED) is 0.740. The van der Waals surface area contributed by atoms with Crippen LogP contribution in [0.1, 0.15) is 5.56 Å². The molecule has 0 aromatic heterocycles. The molecule has 2 amide bonds. The van der Waals surface area contributed by atoms with E-state index in [1.807, 2.05) is 0 Å². The van der Waals surface area contributed by atoms with E-state index in [1.165, 1.54) is 6.07 Å². The molecule has 0 aliphatic carbocycles. The Labute approximate surface area is 139 Å². The topological polar surface area (TPSA) is 41.1 Å². The molecule has 7 heteroatoms. The lowest BCUT2D eigenvalue weighted by Gasteiger charge is -2.09. The highest BCUT2D eigenvalue weighted by molar-refractivity contribution is 9.10. The highest BCUT2D eigenvalue weighted by Crippen LogP contribution is 2.22. The molecule has 2 rings (SSSR count). The van der Waals surface area contributed by atoms with E-state index in [0.717, 1.165) is 4.47 Å². The van der Waals surface area contributed by atoms with Gasteiger partial charge < -0.3 is 10.6 Å². The highest BCUT2D eigenvalue weighted by Gasteiger charge is 2.07. The van der Waals surface area contributed by atoms with Crippen LogP contribution in [-0.2, 0) is 6.54 Å². The summed E-state index contributed by atoms with van der Waals surface area (Å²) in [5.74, 6) is -0.385. The first-order valence-electron chi connectivity index (χ1n) is 5.89. The summed E-state index contributed by atoms with van der Waals surface area (Å²) in [5.41, 5.74) is 0.836. The SMILES string of the molecule is O=C(NCc1cc(Br)ccc1F)Nc1cc(Cl)cc(Cl)c1. The Morgan fingerprint density at radius 1 is 1.14 bits per heavy atom. The molecular formula is C14H10BrCl2FN2O. The van der Waals surface area contributed by atoms with E-state index >= 15 is 0 Å². The second-order valence-corrected chi connectivity index (χ2v) is 5.99. The van der Waals surface area contributed by atoms with Gasteiger partial charge in [-0.25, -0.2) is 9.18 Å². The third-order valence-corrected chi connectivity index (χ3v) is 3.50. The predicted octanol–water partition coefficient (Wildman–Crippen LogP) is 5.22. The van der Waals surface area contributed by atoms with E-state index in [4.69, 9.17) is 23.2 Å². The second-order valence-electron chi connectivity index (χ2n) is 4.20. The molecule has 0 spiro atoms. The largest absolute Gasteiger partial charge is 0.334 e. The van der Waals surface area contributed by atoms with Crippen LogP contribution in [0.2, 0.25) is 10.0 Å². The fraction of sp³-hybridized carbons (Fsp3) is 0.0714. The lowest BCUT2D eigenvalue weighted by atomic mass is 10.2. The van der Waals surface area contributed by atoms with Gasteiger partial charge >= 0.3 is 6.03 Å². The Balaban J connectivity index is 1.97. The number of urea groups is 1. The number of rotatable bonds is 3. The van der Waals surface area contributed by atoms with Crippen molar-refractivity contribution in [2.75, 3.05) is 5.32 Å². The van der Waals surface area contributed by atoms with Crippen LogP contribution >= 0.6 is 39.1 Å². The van der Waals surface area contributed by atoms with Crippen molar-refractivity contribution in [3.05, 3.63) is 62.3 Å². The van der Waals surface area contributed by atoms with Gasteiger partial charge in [-0.15, -0.1) is 0 Å². The van der Waals surface area contributed by atoms with Crippen molar-refractivity contribution in [3.8, 4) is 0 Å². The third kappa shape index (κ3) is 4.88. The first kappa shape index (κ1) is 16.1. The lowest BCUT2D eigenvalue weighted by molar-refractivity contribution is 0.251. The van der Waals surface area contributed by atoms with Crippen molar-refractivity contribution >= 4 is 50.9 Å². The van der Waals surface area contributed by atoms with Crippen molar-refractivity contribution in [3.63, 3.8) is 0 Å². The number of carbonyl (C=O) groups is 1. The van der Waals surface area contributed by atoms with Crippen molar-refractivity contribution in [2.45, 2.75) is 6.54 Å². The maximum Gasteiger partial charge on any atom is 0.319 e. The molecule has 2 aromatic rings. The van der Waals surface area contributed by atoms with Gasteiger partial charge in [-0.3, -0.25) is 0 Å². The summed E-state index contributed by atoms with van der Waals surface area (Å²) >= 11 is 14.9. The minimum atomic E-state index is -0.479. The van der Waals surface area contributed by atoms with Crippen LogP contribution in [0.4, 0.5) is 14.9 Å². The van der Waals surface area contributed by atoms with Gasteiger partial charge in [0.15, 0.2) is 0 Å². The molecule has 0 bridgehead atoms. The number of benzene rings is 2. The summed E-state index contributed by atoms with van der Waals surface area (Å²) in [6, 6.07) is 8.73. The molecule has 0 aliphatic rings. The van der Waals surface area contributed by atoms with Gasteiger partial charge in [0.1, 0.15) is 5.82 Å². The van der Waals surface area contributed by atoms with E-state index < -0.39 is 6.03 Å². The Bertz CT molecular complexity index is 662. The number of halogens is 4. The molecule has 2 N–H and O–H groups in total. The summed E-state index contributed by atoms with van der Waals surface area (Å²) in [5, 5.41) is 5.96. The third-order valence-electron chi connectivity index (χ3n) is 2.57. The fourth-order valence-electron chi connectivity index (χ4n) is 1.66. The zero-order valence-electron chi connectivity index (χ0n) is 10.6. The van der Waals surface area contributed by atoms with E-state index in [1.54, 1.807) is 30.3 Å². The molecule has 0 fully saturated rings. The second kappa shape index (κ2) is 7.11.